The van der Waals surface area contributed by atoms with Gasteiger partial charge in [-0.25, -0.2) is 0 Å². The minimum absolute atomic E-state index is 0.0749. The van der Waals surface area contributed by atoms with E-state index in [-0.39, 0.29) is 12.5 Å². The number of aliphatic hydroxyl groups is 1. The van der Waals surface area contributed by atoms with Crippen molar-refractivity contribution in [2.24, 2.45) is 11.8 Å². The molecule has 0 spiro atoms. The molecule has 0 radical (unpaired) electrons. The van der Waals surface area contributed by atoms with Crippen molar-refractivity contribution >= 4 is 11.9 Å². The van der Waals surface area contributed by atoms with Gasteiger partial charge in [0.1, 0.15) is 5.92 Å². The Labute approximate surface area is 83.1 Å². The fourth-order valence-electron chi connectivity index (χ4n) is 0.863. The van der Waals surface area contributed by atoms with Crippen molar-refractivity contribution in [1.82, 2.24) is 5.32 Å². The fourth-order valence-corrected chi connectivity index (χ4v) is 0.863. The van der Waals surface area contributed by atoms with Crippen LogP contribution in [-0.2, 0) is 9.59 Å². The molecule has 14 heavy (non-hydrogen) atoms. The summed E-state index contributed by atoms with van der Waals surface area (Å²) in [6.07, 6.45) is 0.599. The second kappa shape index (κ2) is 6.37. The second-order valence-electron chi connectivity index (χ2n) is 3.42. The van der Waals surface area contributed by atoms with Gasteiger partial charge in [0.05, 0.1) is 0 Å². The van der Waals surface area contributed by atoms with Gasteiger partial charge >= 0.3 is 5.97 Å². The highest BCUT2D eigenvalue weighted by Crippen LogP contribution is 2.00. The van der Waals surface area contributed by atoms with E-state index in [9.17, 15) is 9.59 Å². The van der Waals surface area contributed by atoms with Gasteiger partial charge in [-0.3, -0.25) is 9.59 Å². The van der Waals surface area contributed by atoms with Gasteiger partial charge in [-0.05, 0) is 19.3 Å². The minimum atomic E-state index is -1.13. The van der Waals surface area contributed by atoms with E-state index in [0.717, 1.165) is 0 Å². The van der Waals surface area contributed by atoms with Crippen LogP contribution in [0.2, 0.25) is 0 Å². The number of nitrogens with one attached hydrogen (secondary N) is 1. The molecule has 1 amide bonds. The summed E-state index contributed by atoms with van der Waals surface area (Å²) < 4.78 is 0. The van der Waals surface area contributed by atoms with Crippen LogP contribution in [-0.4, -0.2) is 35.2 Å². The molecule has 0 bridgehead atoms. The van der Waals surface area contributed by atoms with Crippen LogP contribution >= 0.6 is 0 Å². The quantitative estimate of drug-likeness (QED) is 0.524. The first kappa shape index (κ1) is 12.9. The van der Waals surface area contributed by atoms with Crippen LogP contribution < -0.4 is 5.32 Å². The van der Waals surface area contributed by atoms with Crippen LogP contribution in [0, 0.1) is 11.8 Å². The van der Waals surface area contributed by atoms with Gasteiger partial charge in [-0.15, -0.1) is 0 Å². The van der Waals surface area contributed by atoms with Gasteiger partial charge < -0.3 is 15.5 Å². The van der Waals surface area contributed by atoms with E-state index in [1.807, 2.05) is 6.92 Å². The molecule has 0 aromatic carbocycles. The lowest BCUT2D eigenvalue weighted by molar-refractivity contribution is -0.146. The molecule has 0 aliphatic rings. The lowest BCUT2D eigenvalue weighted by Gasteiger charge is -2.12. The average Bonchev–Trinajstić information content (AvgIpc) is 2.13. The number of amides is 1. The maximum Gasteiger partial charge on any atom is 0.315 e. The predicted molar refractivity (Wildman–Crippen MR) is 50.7 cm³/mol. The molecule has 0 aliphatic heterocycles. The normalized spacial score (nSPS) is 14.5. The molecule has 0 saturated heterocycles. The second-order valence-corrected chi connectivity index (χ2v) is 3.42. The van der Waals surface area contributed by atoms with Crippen LogP contribution in [0.5, 0.6) is 0 Å². The number of aliphatic hydroxyl groups excluding tert-OH is 1. The Bertz CT molecular complexity index is 205. The molecule has 0 rings (SSSR count). The minimum Gasteiger partial charge on any atom is -0.481 e. The van der Waals surface area contributed by atoms with Crippen LogP contribution in [0.4, 0.5) is 0 Å². The molecule has 0 aromatic rings. The van der Waals surface area contributed by atoms with Gasteiger partial charge in [-0.1, -0.05) is 6.92 Å². The van der Waals surface area contributed by atoms with Crippen molar-refractivity contribution in [1.29, 1.82) is 0 Å². The molecule has 5 nitrogen and oxygen atoms in total. The largest absolute Gasteiger partial charge is 0.481 e. The smallest absolute Gasteiger partial charge is 0.315 e. The third-order valence-electron chi connectivity index (χ3n) is 2.01. The third-order valence-corrected chi connectivity index (χ3v) is 2.01. The summed E-state index contributed by atoms with van der Waals surface area (Å²) in [7, 11) is 0. The standard InChI is InChI=1S/C9H17NO4/c1-6(3-4-11)5-10-8(12)7(2)9(13)14/h6-7,11H,3-5H2,1-2H3,(H,10,12)(H,13,14). The van der Waals surface area contributed by atoms with E-state index >= 15 is 0 Å². The van der Waals surface area contributed by atoms with Crippen LogP contribution in [0.3, 0.4) is 0 Å². The van der Waals surface area contributed by atoms with Crippen molar-refractivity contribution in [2.45, 2.75) is 20.3 Å². The number of aliphatic carboxylic acids is 1. The lowest BCUT2D eigenvalue weighted by Crippen LogP contribution is -2.36. The van der Waals surface area contributed by atoms with Gasteiger partial charge in [0.25, 0.3) is 0 Å². The zero-order chi connectivity index (χ0) is 11.1. The first-order valence-electron chi connectivity index (χ1n) is 4.60. The Morgan fingerprint density at radius 1 is 1.36 bits per heavy atom. The summed E-state index contributed by atoms with van der Waals surface area (Å²) in [5.41, 5.74) is 0. The van der Waals surface area contributed by atoms with Crippen molar-refractivity contribution in [2.75, 3.05) is 13.2 Å². The highest BCUT2D eigenvalue weighted by Gasteiger charge is 2.20. The first-order valence-corrected chi connectivity index (χ1v) is 4.60. The maximum absolute atomic E-state index is 11.1. The first-order chi connectivity index (χ1) is 6.49. The number of carbonyl (C=O) groups is 2. The molecule has 0 aromatic heterocycles. The van der Waals surface area contributed by atoms with Crippen LogP contribution in [0.1, 0.15) is 20.3 Å². The Balaban J connectivity index is 3.79. The molecule has 2 atom stereocenters. The van der Waals surface area contributed by atoms with Crippen molar-refractivity contribution in [3.8, 4) is 0 Å². The Hall–Kier alpha value is -1.10. The van der Waals surface area contributed by atoms with E-state index in [0.29, 0.717) is 13.0 Å². The van der Waals surface area contributed by atoms with Gasteiger partial charge in [0.15, 0.2) is 0 Å². The van der Waals surface area contributed by atoms with Crippen molar-refractivity contribution in [3.63, 3.8) is 0 Å². The summed E-state index contributed by atoms with van der Waals surface area (Å²) in [5.74, 6) is -2.47. The lowest BCUT2D eigenvalue weighted by atomic mass is 10.1. The monoisotopic (exact) mass is 203 g/mol. The summed E-state index contributed by atoms with van der Waals surface area (Å²) >= 11 is 0. The summed E-state index contributed by atoms with van der Waals surface area (Å²) in [6.45, 7) is 3.69. The predicted octanol–water partition coefficient (Wildman–Crippen LogP) is -0.158. The van der Waals surface area contributed by atoms with Crippen LogP contribution in [0.15, 0.2) is 0 Å². The van der Waals surface area contributed by atoms with E-state index in [1.165, 1.54) is 6.92 Å². The molecule has 5 heteroatoms. The number of carboxylic acids is 1. The molecule has 0 aliphatic carbocycles. The Morgan fingerprint density at radius 2 is 1.93 bits per heavy atom. The maximum atomic E-state index is 11.1. The molecule has 3 N–H and O–H groups in total. The number of rotatable bonds is 6. The topological polar surface area (TPSA) is 86.6 Å². The van der Waals surface area contributed by atoms with E-state index < -0.39 is 17.8 Å². The number of hydrogen-bond donors (Lipinski definition) is 3. The molecule has 2 unspecified atom stereocenters. The molecular weight excluding hydrogens is 186 g/mol. The molecule has 0 heterocycles. The summed E-state index contributed by atoms with van der Waals surface area (Å²) in [6, 6.07) is 0. The van der Waals surface area contributed by atoms with Gasteiger partial charge in [0, 0.05) is 13.2 Å². The van der Waals surface area contributed by atoms with Crippen molar-refractivity contribution in [3.05, 3.63) is 0 Å². The molecule has 0 fully saturated rings. The van der Waals surface area contributed by atoms with Gasteiger partial charge in [-0.2, -0.15) is 0 Å². The Morgan fingerprint density at radius 3 is 2.36 bits per heavy atom. The van der Waals surface area contributed by atoms with E-state index in [2.05, 4.69) is 5.32 Å². The number of hydrogen-bond acceptors (Lipinski definition) is 3. The molecule has 0 saturated carbocycles. The van der Waals surface area contributed by atoms with Crippen molar-refractivity contribution < 1.29 is 19.8 Å². The highest BCUT2D eigenvalue weighted by atomic mass is 16.4. The fraction of sp³-hybridized carbons (Fsp3) is 0.778. The molecular formula is C9H17NO4. The molecule has 82 valence electrons. The zero-order valence-corrected chi connectivity index (χ0v) is 8.49. The highest BCUT2D eigenvalue weighted by molar-refractivity contribution is 5.96. The number of carboxylic acid groups (broad SMARTS) is 1. The summed E-state index contributed by atoms with van der Waals surface area (Å²) in [5, 5.41) is 19.6. The SMILES string of the molecule is CC(CCO)CNC(=O)C(C)C(=O)O. The zero-order valence-electron chi connectivity index (χ0n) is 8.49. The third kappa shape index (κ3) is 4.81. The van der Waals surface area contributed by atoms with E-state index in [4.69, 9.17) is 10.2 Å². The van der Waals surface area contributed by atoms with E-state index in [1.54, 1.807) is 0 Å². The van der Waals surface area contributed by atoms with Crippen LogP contribution in [0.25, 0.3) is 0 Å². The summed E-state index contributed by atoms with van der Waals surface area (Å²) in [4.78, 5) is 21.5. The Kier molecular flexibility index (Phi) is 5.87. The van der Waals surface area contributed by atoms with Gasteiger partial charge in [0.2, 0.25) is 5.91 Å². The number of carbonyl (C=O) groups excluding carboxylic acids is 1. The average molecular weight is 203 g/mol.